The molecule has 0 aliphatic rings. The summed E-state index contributed by atoms with van der Waals surface area (Å²) in [6.45, 7) is 5.74. The third-order valence-corrected chi connectivity index (χ3v) is 5.91. The molecule has 0 radical (unpaired) electrons. The van der Waals surface area contributed by atoms with Gasteiger partial charge in [0.25, 0.3) is 5.91 Å². The molecule has 0 bridgehead atoms. The van der Waals surface area contributed by atoms with Gasteiger partial charge in [-0.15, -0.1) is 0 Å². The number of carbonyl (C=O) groups is 3. The molecule has 2 aromatic rings. The second kappa shape index (κ2) is 8.58. The van der Waals surface area contributed by atoms with Gasteiger partial charge in [0, 0.05) is 16.9 Å². The number of ketones is 1. The lowest BCUT2D eigenvalue weighted by molar-refractivity contribution is -0.119. The Morgan fingerprint density at radius 2 is 1.79 bits per heavy atom. The molecule has 0 aliphatic heterocycles. The van der Waals surface area contributed by atoms with Crippen LogP contribution in [0, 0.1) is 20.8 Å². The lowest BCUT2D eigenvalue weighted by Crippen LogP contribution is -2.22. The zero-order chi connectivity index (χ0) is 21.9. The average Bonchev–Trinajstić information content (AvgIpc) is 2.95. The molecule has 1 heterocycles. The van der Waals surface area contributed by atoms with Gasteiger partial charge in [0.15, 0.2) is 12.4 Å². The first-order valence-electron chi connectivity index (χ1n) is 8.69. The number of aromatic amines is 1. The fourth-order valence-electron chi connectivity index (χ4n) is 2.96. The molecule has 1 aromatic heterocycles. The summed E-state index contributed by atoms with van der Waals surface area (Å²) in [6.07, 6.45) is 0. The number of amides is 1. The highest BCUT2D eigenvalue weighted by atomic mass is 32.2. The Labute approximate surface area is 168 Å². The lowest BCUT2D eigenvalue weighted by Gasteiger charge is -2.10. The van der Waals surface area contributed by atoms with Gasteiger partial charge >= 0.3 is 5.97 Å². The Kier molecular flexibility index (Phi) is 6.60. The number of hydrogen-bond acceptors (Lipinski definition) is 6. The van der Waals surface area contributed by atoms with Crippen molar-refractivity contribution in [2.45, 2.75) is 32.6 Å². The Morgan fingerprint density at radius 3 is 2.34 bits per heavy atom. The van der Waals surface area contributed by atoms with Crippen LogP contribution in [0.3, 0.4) is 0 Å². The average molecular weight is 421 g/mol. The van der Waals surface area contributed by atoms with E-state index in [2.05, 4.69) is 15.0 Å². The smallest absolute Gasteiger partial charge is 0.355 e. The lowest BCUT2D eigenvalue weighted by atomic mass is 10.1. The van der Waals surface area contributed by atoms with Crippen molar-refractivity contribution in [2.75, 3.05) is 19.0 Å². The highest BCUT2D eigenvalue weighted by molar-refractivity contribution is 7.89. The van der Waals surface area contributed by atoms with Crippen molar-refractivity contribution in [1.82, 2.24) is 9.71 Å². The van der Waals surface area contributed by atoms with Crippen LogP contribution in [0.1, 0.15) is 44.6 Å². The van der Waals surface area contributed by atoms with Crippen LogP contribution in [0.25, 0.3) is 0 Å². The molecule has 0 spiro atoms. The first-order chi connectivity index (χ1) is 13.5. The van der Waals surface area contributed by atoms with Gasteiger partial charge in [-0.25, -0.2) is 17.9 Å². The van der Waals surface area contributed by atoms with Crippen molar-refractivity contribution in [1.29, 1.82) is 0 Å². The van der Waals surface area contributed by atoms with E-state index in [1.165, 1.54) is 20.0 Å². The quantitative estimate of drug-likeness (QED) is 0.461. The monoisotopic (exact) mass is 421 g/mol. The topological polar surface area (TPSA) is 134 Å². The molecule has 0 aliphatic carbocycles. The molecular weight excluding hydrogens is 398 g/mol. The number of aromatic nitrogens is 1. The molecule has 1 amide bonds. The van der Waals surface area contributed by atoms with Crippen LogP contribution < -0.4 is 10.0 Å². The van der Waals surface area contributed by atoms with Crippen LogP contribution in [0.4, 0.5) is 5.69 Å². The summed E-state index contributed by atoms with van der Waals surface area (Å²) in [5.41, 5.74) is 2.29. The Balaban J connectivity index is 2.08. The summed E-state index contributed by atoms with van der Waals surface area (Å²) in [5, 5.41) is 2.49. The van der Waals surface area contributed by atoms with E-state index < -0.39 is 28.5 Å². The molecule has 0 saturated carbocycles. The Morgan fingerprint density at radius 1 is 1.14 bits per heavy atom. The molecule has 0 atom stereocenters. The second-order valence-electron chi connectivity index (χ2n) is 6.49. The van der Waals surface area contributed by atoms with E-state index in [0.29, 0.717) is 22.4 Å². The highest BCUT2D eigenvalue weighted by Gasteiger charge is 2.22. The van der Waals surface area contributed by atoms with Crippen molar-refractivity contribution in [3.8, 4) is 0 Å². The van der Waals surface area contributed by atoms with Gasteiger partial charge in [-0.2, -0.15) is 0 Å². The maximum atomic E-state index is 12.2. The van der Waals surface area contributed by atoms with E-state index in [1.807, 2.05) is 0 Å². The molecule has 0 unspecified atom stereocenters. The standard InChI is InChI=1S/C19H23N3O6S/c1-10-6-7-14(8-15(10)29(26,27)20-5)22-16(24)9-28-19(25)18-11(2)17(13(4)23)12(3)21-18/h6-8,20-21H,9H2,1-5H3,(H,22,24). The number of ether oxygens (including phenoxy) is 1. The minimum absolute atomic E-state index is 0.0315. The normalized spacial score (nSPS) is 11.2. The van der Waals surface area contributed by atoms with Crippen LogP contribution in [0.15, 0.2) is 23.1 Å². The Bertz CT molecular complexity index is 1090. The van der Waals surface area contributed by atoms with Gasteiger partial charge in [-0.3, -0.25) is 9.59 Å². The van der Waals surface area contributed by atoms with E-state index in [-0.39, 0.29) is 22.1 Å². The van der Waals surface area contributed by atoms with Gasteiger partial charge in [-0.05, 0) is 58.0 Å². The molecule has 0 fully saturated rings. The number of rotatable bonds is 7. The first-order valence-corrected chi connectivity index (χ1v) is 10.2. The fraction of sp³-hybridized carbons (Fsp3) is 0.316. The number of hydrogen-bond donors (Lipinski definition) is 3. The molecule has 156 valence electrons. The Hall–Kier alpha value is -2.98. The largest absolute Gasteiger partial charge is 0.451 e. The summed E-state index contributed by atoms with van der Waals surface area (Å²) in [5.74, 6) is -1.59. The fourth-order valence-corrected chi connectivity index (χ4v) is 3.95. The van der Waals surface area contributed by atoms with Gasteiger partial charge in [0.05, 0.1) is 4.90 Å². The van der Waals surface area contributed by atoms with E-state index >= 15 is 0 Å². The second-order valence-corrected chi connectivity index (χ2v) is 8.35. The van der Waals surface area contributed by atoms with Crippen molar-refractivity contribution in [2.24, 2.45) is 0 Å². The van der Waals surface area contributed by atoms with Crippen molar-refractivity contribution >= 4 is 33.4 Å². The minimum Gasteiger partial charge on any atom is -0.451 e. The van der Waals surface area contributed by atoms with E-state index in [9.17, 15) is 22.8 Å². The number of anilines is 1. The summed E-state index contributed by atoms with van der Waals surface area (Å²) >= 11 is 0. The maximum absolute atomic E-state index is 12.2. The highest BCUT2D eigenvalue weighted by Crippen LogP contribution is 2.21. The molecule has 9 nitrogen and oxygen atoms in total. The number of benzene rings is 1. The summed E-state index contributed by atoms with van der Waals surface area (Å²) in [4.78, 5) is 38.8. The van der Waals surface area contributed by atoms with E-state index in [1.54, 1.807) is 32.9 Å². The molecule has 0 saturated heterocycles. The van der Waals surface area contributed by atoms with E-state index in [4.69, 9.17) is 4.74 Å². The predicted octanol–water partition coefficient (Wildman–Crippen LogP) is 1.85. The number of Topliss-reactive ketones (excluding diaryl/α,β-unsaturated/α-hetero) is 1. The number of carbonyl (C=O) groups excluding carboxylic acids is 3. The summed E-state index contributed by atoms with van der Waals surface area (Å²) in [6, 6.07) is 4.42. The number of sulfonamides is 1. The van der Waals surface area contributed by atoms with Gasteiger partial charge in [0.2, 0.25) is 10.0 Å². The summed E-state index contributed by atoms with van der Waals surface area (Å²) in [7, 11) is -2.39. The number of H-pyrrole nitrogens is 1. The van der Waals surface area contributed by atoms with Gasteiger partial charge < -0.3 is 15.0 Å². The predicted molar refractivity (Wildman–Crippen MR) is 107 cm³/mol. The molecule has 1 aromatic carbocycles. The van der Waals surface area contributed by atoms with Crippen molar-refractivity contribution in [3.05, 3.63) is 46.3 Å². The third-order valence-electron chi connectivity index (χ3n) is 4.36. The zero-order valence-electron chi connectivity index (χ0n) is 16.8. The molecular formula is C19H23N3O6S. The van der Waals surface area contributed by atoms with Crippen LogP contribution in [-0.2, 0) is 19.6 Å². The molecule has 10 heteroatoms. The van der Waals surface area contributed by atoms with E-state index in [0.717, 1.165) is 0 Å². The first kappa shape index (κ1) is 22.3. The van der Waals surface area contributed by atoms with Crippen molar-refractivity contribution < 1.29 is 27.5 Å². The zero-order valence-corrected chi connectivity index (χ0v) is 17.6. The SMILES string of the molecule is CNS(=O)(=O)c1cc(NC(=O)COC(=O)c2[nH]c(C)c(C(C)=O)c2C)ccc1C. The third kappa shape index (κ3) is 4.90. The van der Waals surface area contributed by atoms with Gasteiger partial charge in [-0.1, -0.05) is 6.07 Å². The molecule has 3 N–H and O–H groups in total. The van der Waals surface area contributed by atoms with Crippen LogP contribution in [-0.4, -0.2) is 44.7 Å². The minimum atomic E-state index is -3.68. The van der Waals surface area contributed by atoms with Crippen LogP contribution in [0.5, 0.6) is 0 Å². The van der Waals surface area contributed by atoms with Gasteiger partial charge in [0.1, 0.15) is 5.69 Å². The number of aryl methyl sites for hydroxylation is 2. The number of esters is 1. The molecule has 29 heavy (non-hydrogen) atoms. The van der Waals surface area contributed by atoms with Crippen molar-refractivity contribution in [3.63, 3.8) is 0 Å². The molecule has 2 rings (SSSR count). The number of nitrogens with one attached hydrogen (secondary N) is 3. The van der Waals surface area contributed by atoms with Crippen LogP contribution in [0.2, 0.25) is 0 Å². The maximum Gasteiger partial charge on any atom is 0.355 e. The van der Waals surface area contributed by atoms with Crippen LogP contribution >= 0.6 is 0 Å². The summed E-state index contributed by atoms with van der Waals surface area (Å²) < 4.78 is 31.3.